The van der Waals surface area contributed by atoms with Crippen molar-refractivity contribution < 1.29 is 0 Å². The van der Waals surface area contributed by atoms with Gasteiger partial charge >= 0.3 is 0 Å². The highest BCUT2D eigenvalue weighted by Gasteiger charge is 2.02. The summed E-state index contributed by atoms with van der Waals surface area (Å²) in [4.78, 5) is 4.17. The molecule has 0 fully saturated rings. The van der Waals surface area contributed by atoms with E-state index in [2.05, 4.69) is 39.3 Å². The van der Waals surface area contributed by atoms with Crippen LogP contribution in [0.5, 0.6) is 0 Å². The summed E-state index contributed by atoms with van der Waals surface area (Å²) in [5, 5.41) is 0.832. The van der Waals surface area contributed by atoms with Crippen LogP contribution in [-0.4, -0.2) is 9.55 Å². The second-order valence-corrected chi connectivity index (χ2v) is 3.04. The van der Waals surface area contributed by atoms with E-state index in [-0.39, 0.29) is 0 Å². The highest BCUT2D eigenvalue weighted by molar-refractivity contribution is 9.08. The number of imidazole rings is 1. The van der Waals surface area contributed by atoms with Gasteiger partial charge in [-0.25, -0.2) is 4.98 Å². The maximum atomic E-state index is 4.17. The first-order valence-electron chi connectivity index (χ1n) is 3.33. The van der Waals surface area contributed by atoms with Gasteiger partial charge in [-0.3, -0.25) is 0 Å². The van der Waals surface area contributed by atoms with Crippen LogP contribution in [0.15, 0.2) is 12.4 Å². The second-order valence-electron chi connectivity index (χ2n) is 2.48. The number of aromatic nitrogens is 2. The molecular formula is C7H11BrN2. The lowest BCUT2D eigenvalue weighted by atomic mass is 10.4. The van der Waals surface area contributed by atoms with E-state index in [4.69, 9.17) is 0 Å². The minimum Gasteiger partial charge on any atom is -0.332 e. The van der Waals surface area contributed by atoms with Gasteiger partial charge in [0.2, 0.25) is 0 Å². The Labute approximate surface area is 69.4 Å². The molecule has 10 heavy (non-hydrogen) atoms. The molecule has 2 nitrogen and oxygen atoms in total. The number of hydrogen-bond donors (Lipinski definition) is 0. The fraction of sp³-hybridized carbons (Fsp3) is 0.571. The predicted molar refractivity (Wildman–Crippen MR) is 45.2 cm³/mol. The molecule has 0 bridgehead atoms. The molecule has 0 atom stereocenters. The number of nitrogens with zero attached hydrogens (tertiary/aromatic N) is 2. The molecule has 0 saturated heterocycles. The molecule has 0 spiro atoms. The summed E-state index contributed by atoms with van der Waals surface area (Å²) in [5.41, 5.74) is 0. The first-order chi connectivity index (χ1) is 4.75. The topological polar surface area (TPSA) is 17.8 Å². The first kappa shape index (κ1) is 7.79. The van der Waals surface area contributed by atoms with Crippen LogP contribution < -0.4 is 0 Å². The first-order valence-corrected chi connectivity index (χ1v) is 4.45. The van der Waals surface area contributed by atoms with Crippen LogP contribution in [0.2, 0.25) is 0 Å². The molecule has 0 amide bonds. The summed E-state index contributed by atoms with van der Waals surface area (Å²) in [6.07, 6.45) is 3.83. The summed E-state index contributed by atoms with van der Waals surface area (Å²) in [6, 6.07) is 0.509. The molecule has 0 saturated carbocycles. The van der Waals surface area contributed by atoms with E-state index < -0.39 is 0 Å². The number of rotatable bonds is 2. The zero-order chi connectivity index (χ0) is 7.56. The van der Waals surface area contributed by atoms with Gasteiger partial charge in [0.05, 0.1) is 5.33 Å². The Morgan fingerprint density at radius 1 is 1.70 bits per heavy atom. The van der Waals surface area contributed by atoms with Gasteiger partial charge in [0.15, 0.2) is 0 Å². The largest absolute Gasteiger partial charge is 0.332 e. The third kappa shape index (κ3) is 1.40. The van der Waals surface area contributed by atoms with Gasteiger partial charge in [-0.2, -0.15) is 0 Å². The van der Waals surface area contributed by atoms with Crippen LogP contribution in [0.3, 0.4) is 0 Å². The van der Waals surface area contributed by atoms with E-state index in [1.165, 1.54) is 0 Å². The molecule has 1 aromatic heterocycles. The molecule has 1 aromatic rings. The van der Waals surface area contributed by atoms with Crippen molar-refractivity contribution in [2.24, 2.45) is 0 Å². The highest BCUT2D eigenvalue weighted by atomic mass is 79.9. The van der Waals surface area contributed by atoms with Crippen LogP contribution in [0, 0.1) is 0 Å². The molecule has 0 aliphatic carbocycles. The molecule has 0 aromatic carbocycles. The highest BCUT2D eigenvalue weighted by Crippen LogP contribution is 2.09. The van der Waals surface area contributed by atoms with Gasteiger partial charge < -0.3 is 4.57 Å². The van der Waals surface area contributed by atoms with Crippen molar-refractivity contribution in [2.75, 3.05) is 0 Å². The zero-order valence-electron chi connectivity index (χ0n) is 6.21. The van der Waals surface area contributed by atoms with E-state index in [0.29, 0.717) is 6.04 Å². The van der Waals surface area contributed by atoms with Crippen molar-refractivity contribution in [2.45, 2.75) is 25.2 Å². The monoisotopic (exact) mass is 202 g/mol. The molecule has 0 N–H and O–H groups in total. The van der Waals surface area contributed by atoms with Crippen LogP contribution in [0.4, 0.5) is 0 Å². The maximum absolute atomic E-state index is 4.17. The van der Waals surface area contributed by atoms with Crippen molar-refractivity contribution in [3.05, 3.63) is 18.2 Å². The number of alkyl halides is 1. The number of halogens is 1. The number of hydrogen-bond acceptors (Lipinski definition) is 1. The quantitative estimate of drug-likeness (QED) is 0.674. The van der Waals surface area contributed by atoms with Gasteiger partial charge in [-0.15, -0.1) is 0 Å². The van der Waals surface area contributed by atoms with Crippen LogP contribution in [0.25, 0.3) is 0 Å². The molecule has 0 aliphatic heterocycles. The smallest absolute Gasteiger partial charge is 0.119 e. The third-order valence-electron chi connectivity index (χ3n) is 1.42. The summed E-state index contributed by atoms with van der Waals surface area (Å²) in [7, 11) is 0. The zero-order valence-corrected chi connectivity index (χ0v) is 7.80. The molecule has 1 heterocycles. The average Bonchev–Trinajstić information content (AvgIpc) is 2.33. The van der Waals surface area contributed by atoms with E-state index in [1.807, 2.05) is 12.4 Å². The van der Waals surface area contributed by atoms with E-state index >= 15 is 0 Å². The van der Waals surface area contributed by atoms with Gasteiger partial charge in [0.1, 0.15) is 5.82 Å². The molecule has 3 heteroatoms. The Morgan fingerprint density at radius 3 is 2.80 bits per heavy atom. The fourth-order valence-electron chi connectivity index (χ4n) is 0.918. The van der Waals surface area contributed by atoms with Crippen LogP contribution in [0.1, 0.15) is 25.7 Å². The van der Waals surface area contributed by atoms with Crippen molar-refractivity contribution >= 4 is 15.9 Å². The average molecular weight is 203 g/mol. The third-order valence-corrected chi connectivity index (χ3v) is 1.93. The summed E-state index contributed by atoms with van der Waals surface area (Å²) in [6.45, 7) is 4.29. The lowest BCUT2D eigenvalue weighted by Crippen LogP contribution is -2.02. The normalized spacial score (nSPS) is 10.8. The Bertz CT molecular complexity index is 205. The Hall–Kier alpha value is -0.310. The maximum Gasteiger partial charge on any atom is 0.119 e. The van der Waals surface area contributed by atoms with Gasteiger partial charge in [-0.05, 0) is 13.8 Å². The second kappa shape index (κ2) is 3.19. The minimum absolute atomic E-state index is 0.509. The Morgan fingerprint density at radius 2 is 2.40 bits per heavy atom. The van der Waals surface area contributed by atoms with Crippen molar-refractivity contribution in [1.82, 2.24) is 9.55 Å². The summed E-state index contributed by atoms with van der Waals surface area (Å²) in [5.74, 6) is 1.09. The van der Waals surface area contributed by atoms with Crippen molar-refractivity contribution in [3.63, 3.8) is 0 Å². The van der Waals surface area contributed by atoms with Gasteiger partial charge in [-0.1, -0.05) is 15.9 Å². The molecule has 0 radical (unpaired) electrons. The standard InChI is InChI=1S/C7H11BrN2/c1-6(2)10-4-3-9-7(10)5-8/h3-4,6H,5H2,1-2H3. The van der Waals surface area contributed by atoms with Gasteiger partial charge in [0, 0.05) is 18.4 Å². The molecular weight excluding hydrogens is 192 g/mol. The molecule has 56 valence electrons. The van der Waals surface area contributed by atoms with E-state index in [9.17, 15) is 0 Å². The fourth-order valence-corrected chi connectivity index (χ4v) is 1.35. The molecule has 0 aliphatic rings. The van der Waals surface area contributed by atoms with Crippen molar-refractivity contribution in [3.8, 4) is 0 Å². The van der Waals surface area contributed by atoms with Crippen LogP contribution in [-0.2, 0) is 5.33 Å². The lowest BCUT2D eigenvalue weighted by molar-refractivity contribution is 0.581. The Balaban J connectivity index is 2.90. The van der Waals surface area contributed by atoms with Gasteiger partial charge in [0.25, 0.3) is 0 Å². The van der Waals surface area contributed by atoms with Crippen molar-refractivity contribution in [1.29, 1.82) is 0 Å². The van der Waals surface area contributed by atoms with Crippen LogP contribution >= 0.6 is 15.9 Å². The predicted octanol–water partition coefficient (Wildman–Crippen LogP) is 2.36. The molecule has 0 unspecified atom stereocenters. The van der Waals surface area contributed by atoms with E-state index in [1.54, 1.807) is 0 Å². The van der Waals surface area contributed by atoms with E-state index in [0.717, 1.165) is 11.2 Å². The lowest BCUT2D eigenvalue weighted by Gasteiger charge is -2.08. The minimum atomic E-state index is 0.509. The summed E-state index contributed by atoms with van der Waals surface area (Å²) < 4.78 is 2.15. The Kier molecular flexibility index (Phi) is 2.49. The summed E-state index contributed by atoms with van der Waals surface area (Å²) >= 11 is 3.37. The SMILES string of the molecule is CC(C)n1ccnc1CBr. The molecule has 1 rings (SSSR count).